The van der Waals surface area contributed by atoms with Crippen molar-refractivity contribution in [1.82, 2.24) is 25.1 Å². The highest BCUT2D eigenvalue weighted by molar-refractivity contribution is 14.0. The summed E-state index contributed by atoms with van der Waals surface area (Å²) in [5.41, 5.74) is 0.337. The number of halogens is 1. The van der Waals surface area contributed by atoms with Crippen LogP contribution in [0.5, 0.6) is 0 Å². The maximum absolute atomic E-state index is 5.54. The summed E-state index contributed by atoms with van der Waals surface area (Å²) in [5, 5.41) is 7.10. The van der Waals surface area contributed by atoms with Gasteiger partial charge in [-0.1, -0.05) is 33.1 Å². The maximum atomic E-state index is 5.54. The Labute approximate surface area is 199 Å². The minimum Gasteiger partial charge on any atom is -0.379 e. The van der Waals surface area contributed by atoms with Gasteiger partial charge in [0.1, 0.15) is 5.82 Å². The fourth-order valence-electron chi connectivity index (χ4n) is 4.65. The van der Waals surface area contributed by atoms with Crippen molar-refractivity contribution in [1.29, 1.82) is 0 Å². The van der Waals surface area contributed by atoms with Crippen molar-refractivity contribution in [2.75, 3.05) is 46.4 Å². The molecule has 2 heterocycles. The molecule has 1 aromatic rings. The molecule has 0 radical (unpaired) electrons. The number of aromatic nitrogens is 2. The standard InChI is InChI=1S/C22H40N6O.HI/c1-19(2)16-28-10-9-24-20(28)15-25-21(23-3)26-17-22(7-5-4-6-8-22)18-27-11-13-29-14-12-27;/h9-10,19H,4-8,11-18H2,1-3H3,(H2,23,25,26);1H. The molecule has 2 N–H and O–H groups in total. The lowest BCUT2D eigenvalue weighted by Crippen LogP contribution is -2.51. The van der Waals surface area contributed by atoms with Gasteiger partial charge >= 0.3 is 0 Å². The van der Waals surface area contributed by atoms with Gasteiger partial charge in [-0.15, -0.1) is 24.0 Å². The van der Waals surface area contributed by atoms with Gasteiger partial charge in [-0.05, 0) is 18.8 Å². The van der Waals surface area contributed by atoms with Crippen molar-refractivity contribution in [3.63, 3.8) is 0 Å². The second-order valence-corrected chi connectivity index (χ2v) is 9.12. The predicted molar refractivity (Wildman–Crippen MR) is 133 cm³/mol. The molecule has 0 atom stereocenters. The molecule has 2 fully saturated rings. The zero-order valence-corrected chi connectivity index (χ0v) is 21.4. The summed E-state index contributed by atoms with van der Waals surface area (Å²) in [5.74, 6) is 2.53. The minimum absolute atomic E-state index is 0. The Morgan fingerprint density at radius 2 is 1.93 bits per heavy atom. The molecule has 8 heteroatoms. The lowest BCUT2D eigenvalue weighted by molar-refractivity contribution is 0.00820. The summed E-state index contributed by atoms with van der Waals surface area (Å²) in [6.07, 6.45) is 10.6. The van der Waals surface area contributed by atoms with Gasteiger partial charge in [0.05, 0.1) is 19.8 Å². The molecule has 0 aromatic carbocycles. The van der Waals surface area contributed by atoms with E-state index in [1.807, 2.05) is 13.2 Å². The van der Waals surface area contributed by atoms with Gasteiger partial charge in [0.2, 0.25) is 0 Å². The second kappa shape index (κ2) is 12.9. The molecule has 0 spiro atoms. The molecule has 1 saturated carbocycles. The zero-order valence-electron chi connectivity index (χ0n) is 19.0. The van der Waals surface area contributed by atoms with Gasteiger partial charge in [0.25, 0.3) is 0 Å². The second-order valence-electron chi connectivity index (χ2n) is 9.12. The van der Waals surface area contributed by atoms with E-state index in [-0.39, 0.29) is 24.0 Å². The van der Waals surface area contributed by atoms with Crippen LogP contribution < -0.4 is 10.6 Å². The van der Waals surface area contributed by atoms with Crippen molar-refractivity contribution in [2.45, 2.75) is 59.0 Å². The number of hydrogen-bond acceptors (Lipinski definition) is 4. The number of morpholine rings is 1. The van der Waals surface area contributed by atoms with Crippen LogP contribution >= 0.6 is 24.0 Å². The fourth-order valence-corrected chi connectivity index (χ4v) is 4.65. The molecule has 0 amide bonds. The first-order valence-corrected chi connectivity index (χ1v) is 11.3. The van der Waals surface area contributed by atoms with Gasteiger partial charge in [-0.3, -0.25) is 9.89 Å². The van der Waals surface area contributed by atoms with E-state index < -0.39 is 0 Å². The van der Waals surface area contributed by atoms with Gasteiger partial charge in [-0.25, -0.2) is 4.98 Å². The summed E-state index contributed by atoms with van der Waals surface area (Å²) in [7, 11) is 1.85. The molecule has 1 saturated heterocycles. The van der Waals surface area contributed by atoms with Gasteiger partial charge in [0, 0.05) is 57.6 Å². The van der Waals surface area contributed by atoms with Crippen LogP contribution in [0.3, 0.4) is 0 Å². The number of guanidine groups is 1. The Morgan fingerprint density at radius 1 is 1.20 bits per heavy atom. The van der Waals surface area contributed by atoms with Crippen molar-refractivity contribution in [2.24, 2.45) is 16.3 Å². The smallest absolute Gasteiger partial charge is 0.191 e. The van der Waals surface area contributed by atoms with E-state index in [0.717, 1.165) is 51.2 Å². The summed E-state index contributed by atoms with van der Waals surface area (Å²) >= 11 is 0. The Hall–Kier alpha value is -0.870. The highest BCUT2D eigenvalue weighted by Crippen LogP contribution is 2.36. The van der Waals surface area contributed by atoms with Gasteiger partial charge in [-0.2, -0.15) is 0 Å². The van der Waals surface area contributed by atoms with Crippen molar-refractivity contribution in [3.8, 4) is 0 Å². The first-order chi connectivity index (χ1) is 14.1. The highest BCUT2D eigenvalue weighted by atomic mass is 127. The van der Waals surface area contributed by atoms with E-state index in [1.54, 1.807) is 0 Å². The van der Waals surface area contributed by atoms with E-state index in [2.05, 4.69) is 50.1 Å². The molecule has 0 bridgehead atoms. The van der Waals surface area contributed by atoms with Crippen LogP contribution in [0.25, 0.3) is 0 Å². The van der Waals surface area contributed by atoms with E-state index >= 15 is 0 Å². The van der Waals surface area contributed by atoms with Gasteiger partial charge in [0.15, 0.2) is 5.96 Å². The molecule has 7 nitrogen and oxygen atoms in total. The monoisotopic (exact) mass is 532 g/mol. The highest BCUT2D eigenvalue weighted by Gasteiger charge is 2.34. The molecular formula is C22H41IN6O. The van der Waals surface area contributed by atoms with Crippen LogP contribution in [0.15, 0.2) is 17.4 Å². The number of nitrogens with one attached hydrogen (secondary N) is 2. The zero-order chi connectivity index (χ0) is 20.5. The average Bonchev–Trinajstić information content (AvgIpc) is 3.16. The first-order valence-electron chi connectivity index (χ1n) is 11.3. The Balaban J connectivity index is 0.00000320. The number of hydrogen-bond donors (Lipinski definition) is 2. The van der Waals surface area contributed by atoms with E-state index in [9.17, 15) is 0 Å². The summed E-state index contributed by atoms with van der Waals surface area (Å²) < 4.78 is 7.77. The van der Waals surface area contributed by atoms with Crippen LogP contribution in [0.4, 0.5) is 0 Å². The SMILES string of the molecule is CN=C(NCc1nccn1CC(C)C)NCC1(CN2CCOCC2)CCCCC1.I. The van der Waals surface area contributed by atoms with E-state index in [1.165, 1.54) is 38.6 Å². The molecule has 2 aliphatic rings. The lowest BCUT2D eigenvalue weighted by Gasteiger charge is -2.42. The fraction of sp³-hybridized carbons (Fsp3) is 0.818. The third-order valence-corrected chi connectivity index (χ3v) is 6.21. The Kier molecular flexibility index (Phi) is 10.9. The summed E-state index contributed by atoms with van der Waals surface area (Å²) in [6, 6.07) is 0. The number of aliphatic imine (C=N–C) groups is 1. The largest absolute Gasteiger partial charge is 0.379 e. The molecular weight excluding hydrogens is 491 g/mol. The van der Waals surface area contributed by atoms with E-state index in [4.69, 9.17) is 4.74 Å². The van der Waals surface area contributed by atoms with Crippen molar-refractivity contribution in [3.05, 3.63) is 18.2 Å². The Bertz CT molecular complexity index is 635. The van der Waals surface area contributed by atoms with Crippen molar-refractivity contribution >= 4 is 29.9 Å². The number of ether oxygens (including phenoxy) is 1. The van der Waals surface area contributed by atoms with Crippen LogP contribution in [-0.2, 0) is 17.8 Å². The molecule has 172 valence electrons. The van der Waals surface area contributed by atoms with Crippen LogP contribution in [0.2, 0.25) is 0 Å². The number of nitrogens with zero attached hydrogens (tertiary/aromatic N) is 4. The number of imidazole rings is 1. The Morgan fingerprint density at radius 3 is 2.60 bits per heavy atom. The average molecular weight is 533 g/mol. The third-order valence-electron chi connectivity index (χ3n) is 6.21. The maximum Gasteiger partial charge on any atom is 0.191 e. The van der Waals surface area contributed by atoms with Crippen molar-refractivity contribution < 1.29 is 4.74 Å². The summed E-state index contributed by atoms with van der Waals surface area (Å²) in [4.78, 5) is 11.6. The molecule has 0 unspecified atom stereocenters. The third kappa shape index (κ3) is 7.67. The molecule has 3 rings (SSSR count). The van der Waals surface area contributed by atoms with Gasteiger partial charge < -0.3 is 19.9 Å². The van der Waals surface area contributed by atoms with Crippen LogP contribution in [0, 0.1) is 11.3 Å². The minimum atomic E-state index is 0. The molecule has 1 aliphatic carbocycles. The molecule has 30 heavy (non-hydrogen) atoms. The predicted octanol–water partition coefficient (Wildman–Crippen LogP) is 3.10. The molecule has 1 aliphatic heterocycles. The van der Waals surface area contributed by atoms with Crippen LogP contribution in [0.1, 0.15) is 51.8 Å². The van der Waals surface area contributed by atoms with E-state index in [0.29, 0.717) is 17.9 Å². The topological polar surface area (TPSA) is 66.7 Å². The quantitative estimate of drug-likeness (QED) is 0.306. The lowest BCUT2D eigenvalue weighted by atomic mass is 9.73. The normalized spacial score (nSPS) is 20.1. The first kappa shape index (κ1) is 25.4. The number of rotatable bonds is 8. The molecule has 1 aromatic heterocycles. The summed E-state index contributed by atoms with van der Waals surface area (Å²) in [6.45, 7) is 12.2. The van der Waals surface area contributed by atoms with Crippen LogP contribution in [-0.4, -0.2) is 66.9 Å².